The molecular formula is C29H32Br2Cl2N2O3. The van der Waals surface area contributed by atoms with Gasteiger partial charge in [0.25, 0.3) is 0 Å². The van der Waals surface area contributed by atoms with Crippen molar-refractivity contribution >= 4 is 56.7 Å². The molecule has 6 rings (SSSR count). The molecule has 0 saturated carbocycles. The Bertz CT molecular complexity index is 1210. The Morgan fingerprint density at radius 2 is 1.53 bits per heavy atom. The number of benzene rings is 3. The Morgan fingerprint density at radius 1 is 0.842 bits per heavy atom. The molecular weight excluding hydrogens is 655 g/mol. The van der Waals surface area contributed by atoms with Gasteiger partial charge in [-0.25, -0.2) is 0 Å². The van der Waals surface area contributed by atoms with Crippen LogP contribution in [0.5, 0.6) is 11.5 Å². The van der Waals surface area contributed by atoms with E-state index in [0.29, 0.717) is 19.3 Å². The summed E-state index contributed by atoms with van der Waals surface area (Å²) in [5.41, 5.74) is 4.01. The third-order valence-electron chi connectivity index (χ3n) is 7.36. The number of rotatable bonds is 6. The minimum atomic E-state index is 0. The highest BCUT2D eigenvalue weighted by molar-refractivity contribution is 9.11. The Labute approximate surface area is 253 Å². The van der Waals surface area contributed by atoms with Gasteiger partial charge in [-0.15, -0.1) is 24.8 Å². The normalized spacial score (nSPS) is 22.7. The van der Waals surface area contributed by atoms with Gasteiger partial charge in [0.2, 0.25) is 0 Å². The molecule has 38 heavy (non-hydrogen) atoms. The highest BCUT2D eigenvalue weighted by atomic mass is 79.9. The lowest BCUT2D eigenvalue weighted by Gasteiger charge is -2.41. The second kappa shape index (κ2) is 13.4. The van der Waals surface area contributed by atoms with E-state index in [1.807, 2.05) is 24.3 Å². The quantitative estimate of drug-likeness (QED) is 0.289. The molecule has 3 atom stereocenters. The molecule has 204 valence electrons. The van der Waals surface area contributed by atoms with E-state index in [1.165, 1.54) is 16.7 Å². The van der Waals surface area contributed by atoms with E-state index in [4.69, 9.17) is 14.2 Å². The van der Waals surface area contributed by atoms with Crippen molar-refractivity contribution in [2.75, 3.05) is 39.3 Å². The molecule has 0 N–H and O–H groups in total. The van der Waals surface area contributed by atoms with Crippen molar-refractivity contribution in [3.8, 4) is 11.5 Å². The first kappa shape index (κ1) is 29.7. The summed E-state index contributed by atoms with van der Waals surface area (Å²) in [4.78, 5) is 5.13. The lowest BCUT2D eigenvalue weighted by Crippen LogP contribution is -2.52. The number of hydrogen-bond acceptors (Lipinski definition) is 5. The molecule has 5 nitrogen and oxygen atoms in total. The van der Waals surface area contributed by atoms with Crippen molar-refractivity contribution in [1.29, 1.82) is 0 Å². The fourth-order valence-corrected chi connectivity index (χ4v) is 7.07. The molecule has 3 aromatic rings. The predicted octanol–water partition coefficient (Wildman–Crippen LogP) is 6.70. The van der Waals surface area contributed by atoms with Crippen LogP contribution >= 0.6 is 56.7 Å². The lowest BCUT2D eigenvalue weighted by molar-refractivity contribution is -0.0335. The summed E-state index contributed by atoms with van der Waals surface area (Å²) in [6.07, 6.45) is 1.18. The van der Waals surface area contributed by atoms with Gasteiger partial charge < -0.3 is 14.2 Å². The van der Waals surface area contributed by atoms with Gasteiger partial charge in [0.1, 0.15) is 12.7 Å². The minimum Gasteiger partial charge on any atom is -0.486 e. The zero-order valence-corrected chi connectivity index (χ0v) is 25.7. The molecule has 1 fully saturated rings. The summed E-state index contributed by atoms with van der Waals surface area (Å²) in [6, 6.07) is 23.4. The molecule has 9 heteroatoms. The fraction of sp³-hybridized carbons (Fsp3) is 0.379. The topological polar surface area (TPSA) is 34.2 Å². The van der Waals surface area contributed by atoms with Crippen LogP contribution in [0, 0.1) is 0 Å². The van der Waals surface area contributed by atoms with E-state index in [1.54, 1.807) is 0 Å². The molecule has 3 aliphatic rings. The van der Waals surface area contributed by atoms with Crippen molar-refractivity contribution < 1.29 is 14.2 Å². The predicted molar refractivity (Wildman–Crippen MR) is 162 cm³/mol. The number of halogens is 4. The molecule has 0 unspecified atom stereocenters. The van der Waals surface area contributed by atoms with E-state index < -0.39 is 0 Å². The summed E-state index contributed by atoms with van der Waals surface area (Å²) in [7, 11) is 0. The van der Waals surface area contributed by atoms with E-state index in [0.717, 1.165) is 59.6 Å². The lowest BCUT2D eigenvalue weighted by atomic mass is 10.0. The van der Waals surface area contributed by atoms with Crippen molar-refractivity contribution in [2.24, 2.45) is 0 Å². The standard InChI is InChI=1S/C29H30Br2N2O3.2ClH/c30-22-13-20(14-23(31)16-22)18-34-28-15-21-5-1-2-6-25(21)29(28)33-11-9-32(10-12-33)17-24-19-35-26-7-3-4-8-27(26)36-24;;/h1-8,13-14,16,24,28-29H,9-12,15,17-19H2;2*1H/t24-,28+,29+;;/m0../s1. The third-order valence-corrected chi connectivity index (χ3v) is 8.28. The van der Waals surface area contributed by atoms with Crippen LogP contribution < -0.4 is 9.47 Å². The zero-order chi connectivity index (χ0) is 24.5. The first-order valence-corrected chi connectivity index (χ1v) is 14.2. The second-order valence-corrected chi connectivity index (χ2v) is 11.6. The Morgan fingerprint density at radius 3 is 2.29 bits per heavy atom. The van der Waals surface area contributed by atoms with Gasteiger partial charge in [0, 0.05) is 48.1 Å². The van der Waals surface area contributed by atoms with Crippen LogP contribution in [0.1, 0.15) is 22.7 Å². The van der Waals surface area contributed by atoms with E-state index in [9.17, 15) is 0 Å². The van der Waals surface area contributed by atoms with Crippen LogP contribution in [-0.4, -0.2) is 61.3 Å². The van der Waals surface area contributed by atoms with E-state index >= 15 is 0 Å². The molecule has 0 aromatic heterocycles. The van der Waals surface area contributed by atoms with Gasteiger partial charge in [-0.2, -0.15) is 0 Å². The number of para-hydroxylation sites is 2. The molecule has 2 heterocycles. The highest BCUT2D eigenvalue weighted by Gasteiger charge is 2.38. The van der Waals surface area contributed by atoms with Gasteiger partial charge in [0.15, 0.2) is 11.5 Å². The van der Waals surface area contributed by atoms with Gasteiger partial charge in [0.05, 0.1) is 18.8 Å². The molecule has 3 aromatic carbocycles. The summed E-state index contributed by atoms with van der Waals surface area (Å²) < 4.78 is 20.9. The van der Waals surface area contributed by atoms with Crippen molar-refractivity contribution in [2.45, 2.75) is 31.3 Å². The smallest absolute Gasteiger partial charge is 0.161 e. The summed E-state index contributed by atoms with van der Waals surface area (Å²) in [5, 5.41) is 0. The minimum absolute atomic E-state index is 0. The van der Waals surface area contributed by atoms with Crippen LogP contribution in [0.2, 0.25) is 0 Å². The number of nitrogens with zero attached hydrogens (tertiary/aromatic N) is 2. The maximum atomic E-state index is 6.60. The van der Waals surface area contributed by atoms with Gasteiger partial charge in [-0.3, -0.25) is 9.80 Å². The first-order chi connectivity index (χ1) is 17.6. The largest absolute Gasteiger partial charge is 0.486 e. The third kappa shape index (κ3) is 6.69. The summed E-state index contributed by atoms with van der Waals surface area (Å²) in [6.45, 7) is 6.18. The molecule has 0 amide bonds. The van der Waals surface area contributed by atoms with E-state index in [2.05, 4.69) is 84.1 Å². The molecule has 0 spiro atoms. The average Bonchev–Trinajstić information content (AvgIpc) is 3.26. The van der Waals surface area contributed by atoms with Crippen LogP contribution in [0.25, 0.3) is 0 Å². The SMILES string of the molecule is Brc1cc(Br)cc(CO[C@@H]2Cc3ccccc3[C@H]2N2CCN(C[C@H]3COc4ccccc4O3)CC2)c1.Cl.Cl. The van der Waals surface area contributed by atoms with E-state index in [-0.39, 0.29) is 37.0 Å². The van der Waals surface area contributed by atoms with Gasteiger partial charge >= 0.3 is 0 Å². The number of hydrogen-bond donors (Lipinski definition) is 0. The van der Waals surface area contributed by atoms with Gasteiger partial charge in [-0.05, 0) is 47.0 Å². The Hall–Kier alpha value is -1.32. The number of piperazine rings is 1. The number of fused-ring (bicyclic) bond motifs is 2. The maximum Gasteiger partial charge on any atom is 0.161 e. The average molecular weight is 687 g/mol. The molecule has 1 saturated heterocycles. The fourth-order valence-electron chi connectivity index (χ4n) is 5.68. The number of ether oxygens (including phenoxy) is 3. The first-order valence-electron chi connectivity index (χ1n) is 12.6. The van der Waals surface area contributed by atoms with Gasteiger partial charge in [-0.1, -0.05) is 68.3 Å². The molecule has 0 radical (unpaired) electrons. The Balaban J connectivity index is 0.00000168. The molecule has 1 aliphatic carbocycles. The van der Waals surface area contributed by atoms with Crippen LogP contribution in [0.15, 0.2) is 75.7 Å². The second-order valence-electron chi connectivity index (χ2n) is 9.81. The Kier molecular flexibility index (Phi) is 10.4. The zero-order valence-electron chi connectivity index (χ0n) is 20.9. The molecule has 2 aliphatic heterocycles. The maximum absolute atomic E-state index is 6.60. The summed E-state index contributed by atoms with van der Waals surface area (Å²) >= 11 is 7.20. The van der Waals surface area contributed by atoms with Crippen LogP contribution in [0.3, 0.4) is 0 Å². The van der Waals surface area contributed by atoms with Crippen molar-refractivity contribution in [1.82, 2.24) is 9.80 Å². The highest BCUT2D eigenvalue weighted by Crippen LogP contribution is 2.39. The monoisotopic (exact) mass is 684 g/mol. The van der Waals surface area contributed by atoms with Crippen molar-refractivity contribution in [3.63, 3.8) is 0 Å². The summed E-state index contributed by atoms with van der Waals surface area (Å²) in [5.74, 6) is 1.70. The van der Waals surface area contributed by atoms with Crippen LogP contribution in [0.4, 0.5) is 0 Å². The van der Waals surface area contributed by atoms with Crippen LogP contribution in [-0.2, 0) is 17.8 Å². The van der Waals surface area contributed by atoms with Crippen molar-refractivity contribution in [3.05, 3.63) is 92.4 Å². The molecule has 0 bridgehead atoms.